The Balaban J connectivity index is 2.13. The zero-order valence-electron chi connectivity index (χ0n) is 11.6. The van der Waals surface area contributed by atoms with E-state index in [1.165, 1.54) is 12.1 Å². The molecule has 0 unspecified atom stereocenters. The normalized spacial score (nSPS) is 16.1. The standard InChI is InChI=1S/C14H19N3O3/c1-2-5-15-6-8-16(9-7-15)14-4-3-13(17(19)20)10-12(14)11-18/h3-4,10-11H,2,5-9H2,1H3. The highest BCUT2D eigenvalue weighted by molar-refractivity contribution is 5.86. The summed E-state index contributed by atoms with van der Waals surface area (Å²) in [5.74, 6) is 0. The second kappa shape index (κ2) is 6.47. The predicted molar refractivity (Wildman–Crippen MR) is 77.4 cm³/mol. The Labute approximate surface area is 118 Å². The number of nitrogens with zero attached hydrogens (tertiary/aromatic N) is 3. The van der Waals surface area contributed by atoms with Crippen LogP contribution in [0.2, 0.25) is 0 Å². The first-order chi connectivity index (χ1) is 9.65. The van der Waals surface area contributed by atoms with Crippen LogP contribution < -0.4 is 4.90 Å². The first-order valence-electron chi connectivity index (χ1n) is 6.86. The van der Waals surface area contributed by atoms with Crippen LogP contribution in [0, 0.1) is 10.1 Å². The Morgan fingerprint density at radius 1 is 1.30 bits per heavy atom. The number of rotatable bonds is 5. The summed E-state index contributed by atoms with van der Waals surface area (Å²) in [6, 6.07) is 4.48. The second-order valence-electron chi connectivity index (χ2n) is 4.95. The molecule has 20 heavy (non-hydrogen) atoms. The minimum atomic E-state index is -0.476. The summed E-state index contributed by atoms with van der Waals surface area (Å²) >= 11 is 0. The third kappa shape index (κ3) is 3.14. The molecule has 0 bridgehead atoms. The van der Waals surface area contributed by atoms with Gasteiger partial charge < -0.3 is 4.90 Å². The van der Waals surface area contributed by atoms with Crippen molar-refractivity contribution >= 4 is 17.7 Å². The van der Waals surface area contributed by atoms with E-state index in [4.69, 9.17) is 0 Å². The molecule has 0 N–H and O–H groups in total. The van der Waals surface area contributed by atoms with Crippen LogP contribution in [0.25, 0.3) is 0 Å². The number of carbonyl (C=O) groups is 1. The first kappa shape index (κ1) is 14.5. The Morgan fingerprint density at radius 3 is 2.55 bits per heavy atom. The molecule has 1 aliphatic heterocycles. The number of nitro groups is 1. The Kier molecular flexibility index (Phi) is 4.68. The van der Waals surface area contributed by atoms with Gasteiger partial charge in [-0.2, -0.15) is 0 Å². The molecule has 2 rings (SSSR count). The Bertz CT molecular complexity index is 496. The average Bonchev–Trinajstić information content (AvgIpc) is 2.47. The molecule has 1 heterocycles. The first-order valence-corrected chi connectivity index (χ1v) is 6.86. The lowest BCUT2D eigenvalue weighted by atomic mass is 10.1. The van der Waals surface area contributed by atoms with E-state index in [1.54, 1.807) is 6.07 Å². The molecule has 0 radical (unpaired) electrons. The minimum absolute atomic E-state index is 0.0412. The maximum absolute atomic E-state index is 11.2. The molecule has 6 heteroatoms. The highest BCUT2D eigenvalue weighted by Gasteiger charge is 2.20. The van der Waals surface area contributed by atoms with Gasteiger partial charge in [-0.25, -0.2) is 0 Å². The van der Waals surface area contributed by atoms with E-state index < -0.39 is 4.92 Å². The van der Waals surface area contributed by atoms with Crippen molar-refractivity contribution in [2.24, 2.45) is 0 Å². The molecule has 0 saturated carbocycles. The Hall–Kier alpha value is -1.95. The zero-order chi connectivity index (χ0) is 14.5. The van der Waals surface area contributed by atoms with Gasteiger partial charge in [0.15, 0.2) is 6.29 Å². The molecule has 0 aliphatic carbocycles. The highest BCUT2D eigenvalue weighted by atomic mass is 16.6. The fraction of sp³-hybridized carbons (Fsp3) is 0.500. The maximum atomic E-state index is 11.2. The summed E-state index contributed by atoms with van der Waals surface area (Å²) < 4.78 is 0. The van der Waals surface area contributed by atoms with Crippen LogP contribution in [-0.2, 0) is 0 Å². The summed E-state index contributed by atoms with van der Waals surface area (Å²) in [6.07, 6.45) is 1.83. The average molecular weight is 277 g/mol. The third-order valence-electron chi connectivity index (χ3n) is 3.60. The molecule has 0 amide bonds. The van der Waals surface area contributed by atoms with Crippen molar-refractivity contribution in [1.29, 1.82) is 0 Å². The van der Waals surface area contributed by atoms with E-state index in [0.717, 1.165) is 44.8 Å². The summed E-state index contributed by atoms with van der Waals surface area (Å²) in [7, 11) is 0. The number of carbonyl (C=O) groups excluding carboxylic acids is 1. The molecule has 1 aromatic rings. The smallest absolute Gasteiger partial charge is 0.270 e. The summed E-state index contributed by atoms with van der Waals surface area (Å²) in [5, 5.41) is 10.7. The molecule has 1 aromatic carbocycles. The molecule has 0 atom stereocenters. The van der Waals surface area contributed by atoms with Crippen LogP contribution in [0.15, 0.2) is 18.2 Å². The molecule has 1 fully saturated rings. The summed E-state index contributed by atoms with van der Waals surface area (Å²) in [4.78, 5) is 25.9. The van der Waals surface area contributed by atoms with Crippen molar-refractivity contribution in [2.45, 2.75) is 13.3 Å². The van der Waals surface area contributed by atoms with Crippen LogP contribution in [-0.4, -0.2) is 48.8 Å². The predicted octanol–water partition coefficient (Wildman–Crippen LogP) is 1.94. The van der Waals surface area contributed by atoms with Gasteiger partial charge in [0, 0.05) is 49.6 Å². The van der Waals surface area contributed by atoms with E-state index in [1.807, 2.05) is 0 Å². The van der Waals surface area contributed by atoms with Crippen LogP contribution in [0.5, 0.6) is 0 Å². The van der Waals surface area contributed by atoms with E-state index in [-0.39, 0.29) is 5.69 Å². The number of non-ortho nitro benzene ring substituents is 1. The number of benzene rings is 1. The van der Waals surface area contributed by atoms with Gasteiger partial charge in [0.25, 0.3) is 5.69 Å². The van der Waals surface area contributed by atoms with Crippen molar-refractivity contribution in [3.05, 3.63) is 33.9 Å². The topological polar surface area (TPSA) is 66.7 Å². The monoisotopic (exact) mass is 277 g/mol. The maximum Gasteiger partial charge on any atom is 0.270 e. The molecule has 1 saturated heterocycles. The summed E-state index contributed by atoms with van der Waals surface area (Å²) in [6.45, 7) is 6.87. The van der Waals surface area contributed by atoms with Gasteiger partial charge in [-0.1, -0.05) is 6.92 Å². The Morgan fingerprint density at radius 2 is 2.00 bits per heavy atom. The largest absolute Gasteiger partial charge is 0.368 e. The lowest BCUT2D eigenvalue weighted by Gasteiger charge is -2.36. The number of anilines is 1. The van der Waals surface area contributed by atoms with Crippen molar-refractivity contribution in [1.82, 2.24) is 4.90 Å². The van der Waals surface area contributed by atoms with Gasteiger partial charge in [-0.05, 0) is 19.0 Å². The van der Waals surface area contributed by atoms with Gasteiger partial charge in [-0.3, -0.25) is 19.8 Å². The highest BCUT2D eigenvalue weighted by Crippen LogP contribution is 2.25. The second-order valence-corrected chi connectivity index (χ2v) is 4.95. The van der Waals surface area contributed by atoms with Gasteiger partial charge in [0.1, 0.15) is 0 Å². The van der Waals surface area contributed by atoms with Crippen LogP contribution >= 0.6 is 0 Å². The number of piperazine rings is 1. The molecule has 6 nitrogen and oxygen atoms in total. The van der Waals surface area contributed by atoms with Crippen molar-refractivity contribution in [3.8, 4) is 0 Å². The zero-order valence-corrected chi connectivity index (χ0v) is 11.6. The molecule has 1 aliphatic rings. The molecule has 0 aromatic heterocycles. The van der Waals surface area contributed by atoms with Gasteiger partial charge >= 0.3 is 0 Å². The summed E-state index contributed by atoms with van der Waals surface area (Å²) in [5.41, 5.74) is 1.14. The fourth-order valence-corrected chi connectivity index (χ4v) is 2.57. The van der Waals surface area contributed by atoms with E-state index in [9.17, 15) is 14.9 Å². The van der Waals surface area contributed by atoms with Gasteiger partial charge in [0.05, 0.1) is 4.92 Å². The van der Waals surface area contributed by atoms with Crippen molar-refractivity contribution < 1.29 is 9.72 Å². The van der Waals surface area contributed by atoms with E-state index in [2.05, 4.69) is 16.7 Å². The number of hydrogen-bond donors (Lipinski definition) is 0. The van der Waals surface area contributed by atoms with E-state index in [0.29, 0.717) is 11.8 Å². The SMILES string of the molecule is CCCN1CCN(c2ccc([N+](=O)[O-])cc2C=O)CC1. The van der Waals surface area contributed by atoms with Gasteiger partial charge in [-0.15, -0.1) is 0 Å². The van der Waals surface area contributed by atoms with Crippen molar-refractivity contribution in [2.75, 3.05) is 37.6 Å². The third-order valence-corrected chi connectivity index (χ3v) is 3.60. The lowest BCUT2D eigenvalue weighted by Crippen LogP contribution is -2.46. The molecule has 0 spiro atoms. The quantitative estimate of drug-likeness (QED) is 0.467. The molecule has 108 valence electrons. The van der Waals surface area contributed by atoms with Crippen LogP contribution in [0.1, 0.15) is 23.7 Å². The number of hydrogen-bond acceptors (Lipinski definition) is 5. The van der Waals surface area contributed by atoms with Gasteiger partial charge in [0.2, 0.25) is 0 Å². The van der Waals surface area contributed by atoms with E-state index >= 15 is 0 Å². The fourth-order valence-electron chi connectivity index (χ4n) is 2.57. The van der Waals surface area contributed by atoms with Crippen LogP contribution in [0.3, 0.4) is 0 Å². The molecular formula is C14H19N3O3. The lowest BCUT2D eigenvalue weighted by molar-refractivity contribution is -0.384. The molecular weight excluding hydrogens is 258 g/mol. The number of aldehydes is 1. The number of nitro benzene ring substituents is 1. The van der Waals surface area contributed by atoms with Crippen molar-refractivity contribution in [3.63, 3.8) is 0 Å². The minimum Gasteiger partial charge on any atom is -0.368 e. The van der Waals surface area contributed by atoms with Crippen LogP contribution in [0.4, 0.5) is 11.4 Å².